The Morgan fingerprint density at radius 2 is 2.00 bits per heavy atom. The smallest absolute Gasteiger partial charge is 0.200 e. The molecule has 90 valence electrons. The molecule has 0 aliphatic heterocycles. The van der Waals surface area contributed by atoms with Crippen LogP contribution in [0.2, 0.25) is 0 Å². The molecule has 0 saturated heterocycles. The molecule has 1 aromatic carbocycles. The molecular formula is C13H17N3O. The highest BCUT2D eigenvalue weighted by Crippen LogP contribution is 2.28. The van der Waals surface area contributed by atoms with Crippen LogP contribution >= 0.6 is 0 Å². The van der Waals surface area contributed by atoms with Crippen molar-refractivity contribution in [2.24, 2.45) is 7.05 Å². The van der Waals surface area contributed by atoms with Crippen LogP contribution in [0.5, 0.6) is 5.75 Å². The molecule has 2 aromatic rings. The number of anilines is 1. The lowest BCUT2D eigenvalue weighted by Crippen LogP contribution is -1.97. The first kappa shape index (κ1) is 11.5. The van der Waals surface area contributed by atoms with Crippen LogP contribution in [-0.2, 0) is 7.05 Å². The van der Waals surface area contributed by atoms with Crippen LogP contribution in [-0.4, -0.2) is 16.7 Å². The normalized spacial score (nSPS) is 10.6. The first-order valence-corrected chi connectivity index (χ1v) is 5.48. The van der Waals surface area contributed by atoms with Gasteiger partial charge in [-0.15, -0.1) is 0 Å². The van der Waals surface area contributed by atoms with Crippen molar-refractivity contribution in [2.45, 2.75) is 13.8 Å². The van der Waals surface area contributed by atoms with Gasteiger partial charge in [0, 0.05) is 18.3 Å². The van der Waals surface area contributed by atoms with Crippen LogP contribution in [0.15, 0.2) is 18.2 Å². The van der Waals surface area contributed by atoms with Gasteiger partial charge in [-0.1, -0.05) is 0 Å². The van der Waals surface area contributed by atoms with E-state index in [0.29, 0.717) is 5.95 Å². The molecule has 4 nitrogen and oxygen atoms in total. The van der Waals surface area contributed by atoms with E-state index in [2.05, 4.69) is 11.1 Å². The minimum Gasteiger partial charge on any atom is -0.496 e. The molecule has 1 aromatic heterocycles. The third kappa shape index (κ3) is 1.86. The molecule has 0 amide bonds. The third-order valence-electron chi connectivity index (χ3n) is 3.08. The van der Waals surface area contributed by atoms with Crippen molar-refractivity contribution in [3.63, 3.8) is 0 Å². The van der Waals surface area contributed by atoms with Gasteiger partial charge in [0.15, 0.2) is 0 Å². The van der Waals surface area contributed by atoms with Crippen molar-refractivity contribution in [2.75, 3.05) is 12.8 Å². The van der Waals surface area contributed by atoms with Crippen molar-refractivity contribution in [3.8, 4) is 17.0 Å². The molecule has 2 N–H and O–H groups in total. The lowest BCUT2D eigenvalue weighted by molar-refractivity contribution is 0.412. The molecule has 0 aliphatic carbocycles. The average molecular weight is 231 g/mol. The zero-order chi connectivity index (χ0) is 12.6. The molecular weight excluding hydrogens is 214 g/mol. The van der Waals surface area contributed by atoms with Gasteiger partial charge in [-0.2, -0.15) is 0 Å². The highest BCUT2D eigenvalue weighted by Gasteiger charge is 2.11. The quantitative estimate of drug-likeness (QED) is 0.862. The topological polar surface area (TPSA) is 53.1 Å². The average Bonchev–Trinajstić information content (AvgIpc) is 2.57. The van der Waals surface area contributed by atoms with Gasteiger partial charge in [-0.05, 0) is 37.6 Å². The molecule has 0 spiro atoms. The molecule has 2 rings (SSSR count). The lowest BCUT2D eigenvalue weighted by atomic mass is 10.1. The Balaban J connectivity index is 2.53. The molecule has 0 unspecified atom stereocenters. The van der Waals surface area contributed by atoms with Crippen molar-refractivity contribution >= 4 is 5.95 Å². The van der Waals surface area contributed by atoms with Crippen LogP contribution < -0.4 is 10.5 Å². The van der Waals surface area contributed by atoms with E-state index in [0.717, 1.165) is 28.3 Å². The summed E-state index contributed by atoms with van der Waals surface area (Å²) < 4.78 is 7.13. The number of benzene rings is 1. The minimum absolute atomic E-state index is 0.533. The second-order valence-electron chi connectivity index (χ2n) is 4.15. The van der Waals surface area contributed by atoms with Gasteiger partial charge in [0.25, 0.3) is 0 Å². The fourth-order valence-corrected chi connectivity index (χ4v) is 1.90. The molecule has 17 heavy (non-hydrogen) atoms. The fourth-order valence-electron chi connectivity index (χ4n) is 1.90. The molecule has 0 atom stereocenters. The maximum Gasteiger partial charge on any atom is 0.200 e. The van der Waals surface area contributed by atoms with E-state index in [1.165, 1.54) is 0 Å². The van der Waals surface area contributed by atoms with E-state index in [-0.39, 0.29) is 0 Å². The molecule has 1 heterocycles. The largest absolute Gasteiger partial charge is 0.496 e. The summed E-state index contributed by atoms with van der Waals surface area (Å²) in [6.45, 7) is 4.03. The Kier molecular flexibility index (Phi) is 2.79. The fraction of sp³-hybridized carbons (Fsp3) is 0.308. The second kappa shape index (κ2) is 4.13. The van der Waals surface area contributed by atoms with Gasteiger partial charge in [0.05, 0.1) is 12.8 Å². The van der Waals surface area contributed by atoms with E-state index < -0.39 is 0 Å². The summed E-state index contributed by atoms with van der Waals surface area (Å²) in [7, 11) is 3.59. The maximum absolute atomic E-state index is 5.80. The Morgan fingerprint density at radius 1 is 1.29 bits per heavy atom. The van der Waals surface area contributed by atoms with Crippen molar-refractivity contribution in [1.82, 2.24) is 9.55 Å². The highest BCUT2D eigenvalue weighted by atomic mass is 16.5. The molecule has 0 saturated carbocycles. The Morgan fingerprint density at radius 3 is 2.47 bits per heavy atom. The summed E-state index contributed by atoms with van der Waals surface area (Å²) in [5.74, 6) is 1.42. The molecule has 0 radical (unpaired) electrons. The molecule has 0 bridgehead atoms. The summed E-state index contributed by atoms with van der Waals surface area (Å²) in [5.41, 5.74) is 9.94. The number of nitrogens with two attached hydrogens (primary N) is 1. The summed E-state index contributed by atoms with van der Waals surface area (Å²) in [5, 5.41) is 0. The van der Waals surface area contributed by atoms with Crippen LogP contribution in [0, 0.1) is 13.8 Å². The van der Waals surface area contributed by atoms with E-state index in [9.17, 15) is 0 Å². The number of hydrogen-bond donors (Lipinski definition) is 1. The summed E-state index contributed by atoms with van der Waals surface area (Å²) in [6, 6.07) is 6.02. The highest BCUT2D eigenvalue weighted by molar-refractivity contribution is 5.66. The number of methoxy groups -OCH3 is 1. The predicted molar refractivity (Wildman–Crippen MR) is 69.1 cm³/mol. The van der Waals surface area contributed by atoms with E-state index in [1.54, 1.807) is 7.11 Å². The number of nitrogens with zero attached hydrogens (tertiary/aromatic N) is 2. The monoisotopic (exact) mass is 231 g/mol. The number of rotatable bonds is 2. The summed E-state index contributed by atoms with van der Waals surface area (Å²) in [6.07, 6.45) is 0. The van der Waals surface area contributed by atoms with Crippen molar-refractivity contribution in [3.05, 3.63) is 29.5 Å². The maximum atomic E-state index is 5.80. The predicted octanol–water partition coefficient (Wildman–Crippen LogP) is 2.29. The van der Waals surface area contributed by atoms with Crippen LogP contribution in [0.3, 0.4) is 0 Å². The van der Waals surface area contributed by atoms with Gasteiger partial charge in [0.2, 0.25) is 5.95 Å². The van der Waals surface area contributed by atoms with Crippen LogP contribution in [0.25, 0.3) is 11.3 Å². The van der Waals surface area contributed by atoms with Crippen molar-refractivity contribution in [1.29, 1.82) is 0 Å². The Bertz CT molecular complexity index is 558. The van der Waals surface area contributed by atoms with Gasteiger partial charge in [-0.25, -0.2) is 4.98 Å². The Labute approximate surface area is 101 Å². The number of aryl methyl sites for hydroxylation is 1. The van der Waals surface area contributed by atoms with Crippen LogP contribution in [0.4, 0.5) is 5.95 Å². The SMILES string of the molecule is COc1ccc(-c2nc(N)n(C)c2C)cc1C. The number of aromatic nitrogens is 2. The first-order valence-electron chi connectivity index (χ1n) is 5.48. The van der Waals surface area contributed by atoms with Gasteiger partial charge in [-0.3, -0.25) is 0 Å². The number of nitrogen functional groups attached to an aromatic ring is 1. The van der Waals surface area contributed by atoms with E-state index >= 15 is 0 Å². The Hall–Kier alpha value is -1.97. The second-order valence-corrected chi connectivity index (χ2v) is 4.15. The first-order chi connectivity index (χ1) is 8.04. The summed E-state index contributed by atoms with van der Waals surface area (Å²) in [4.78, 5) is 4.38. The molecule has 4 heteroatoms. The van der Waals surface area contributed by atoms with Gasteiger partial charge < -0.3 is 15.0 Å². The number of hydrogen-bond acceptors (Lipinski definition) is 3. The van der Waals surface area contributed by atoms with Gasteiger partial charge >= 0.3 is 0 Å². The van der Waals surface area contributed by atoms with E-state index in [1.807, 2.05) is 37.6 Å². The zero-order valence-corrected chi connectivity index (χ0v) is 10.6. The molecule has 0 fully saturated rings. The number of imidazole rings is 1. The van der Waals surface area contributed by atoms with E-state index in [4.69, 9.17) is 10.5 Å². The minimum atomic E-state index is 0.533. The van der Waals surface area contributed by atoms with Gasteiger partial charge in [0.1, 0.15) is 5.75 Å². The van der Waals surface area contributed by atoms with Crippen molar-refractivity contribution < 1.29 is 4.74 Å². The molecule has 0 aliphatic rings. The van der Waals surface area contributed by atoms with Crippen LogP contribution in [0.1, 0.15) is 11.3 Å². The standard InChI is InChI=1S/C13H17N3O/c1-8-7-10(5-6-11(8)17-4)12-9(2)16(3)13(14)15-12/h5-7H,1-4H3,(H2,14,15). The number of ether oxygens (including phenoxy) is 1. The zero-order valence-electron chi connectivity index (χ0n) is 10.6. The summed E-state index contributed by atoms with van der Waals surface area (Å²) >= 11 is 0. The lowest BCUT2D eigenvalue weighted by Gasteiger charge is -2.06. The third-order valence-corrected chi connectivity index (χ3v) is 3.08.